The van der Waals surface area contributed by atoms with Crippen molar-refractivity contribution in [2.75, 3.05) is 25.1 Å². The van der Waals surface area contributed by atoms with Gasteiger partial charge in [-0.2, -0.15) is 0 Å². The summed E-state index contributed by atoms with van der Waals surface area (Å²) in [5.74, 6) is 2.93. The zero-order chi connectivity index (χ0) is 34.2. The second-order valence-corrected chi connectivity index (χ2v) is 13.3. The van der Waals surface area contributed by atoms with Crippen LogP contribution in [0.4, 0.5) is 5.69 Å². The first-order valence-corrected chi connectivity index (χ1v) is 17.9. The Balaban J connectivity index is 1.49. The topological polar surface area (TPSA) is 52.2 Å². The molecule has 8 heteroatoms. The molecular weight excluding hydrogens is 649 g/mol. The maximum atomic E-state index is 7.01. The number of hydrogen-bond donors (Lipinski definition) is 1. The maximum Gasteiger partial charge on any atom is 0.358 e. The van der Waals surface area contributed by atoms with Crippen LogP contribution < -0.4 is 24.4 Å². The molecule has 0 aromatic heterocycles. The molecule has 1 N–H and O–H groups in total. The summed E-state index contributed by atoms with van der Waals surface area (Å²) in [5.41, 5.74) is 2.40. The predicted octanol–water partition coefficient (Wildman–Crippen LogP) is 8.88. The van der Waals surface area contributed by atoms with Gasteiger partial charge >= 0.3 is 5.24 Å². The fourth-order valence-corrected chi connectivity index (χ4v) is 8.13. The van der Waals surface area contributed by atoms with Crippen LogP contribution in [-0.4, -0.2) is 42.8 Å². The van der Waals surface area contributed by atoms with Crippen molar-refractivity contribution >= 4 is 40.5 Å². The minimum atomic E-state index is -0.677. The molecule has 0 saturated carbocycles. The van der Waals surface area contributed by atoms with E-state index in [4.69, 9.17) is 43.4 Å². The van der Waals surface area contributed by atoms with Crippen molar-refractivity contribution in [3.05, 3.63) is 133 Å². The van der Waals surface area contributed by atoms with Gasteiger partial charge in [0, 0.05) is 30.5 Å². The Kier molecular flexibility index (Phi) is 11.3. The van der Waals surface area contributed by atoms with Gasteiger partial charge in [-0.3, -0.25) is 0 Å². The van der Waals surface area contributed by atoms with Crippen LogP contribution >= 0.6 is 24.4 Å². The number of anilines is 1. The van der Waals surface area contributed by atoms with E-state index >= 15 is 0 Å². The third-order valence-electron chi connectivity index (χ3n) is 10.0. The number of allylic oxidation sites excluding steroid dienone is 1. The first-order chi connectivity index (χ1) is 24.0. The van der Waals surface area contributed by atoms with E-state index in [1.807, 2.05) is 72.8 Å². The summed E-state index contributed by atoms with van der Waals surface area (Å²) in [5, 5.41) is 4.34. The second kappa shape index (κ2) is 16.0. The Labute approximate surface area is 301 Å². The Morgan fingerprint density at radius 3 is 2.20 bits per heavy atom. The molecule has 49 heavy (non-hydrogen) atoms. The summed E-state index contributed by atoms with van der Waals surface area (Å²) >= 11 is 11.9. The second-order valence-electron chi connectivity index (χ2n) is 12.7. The summed E-state index contributed by atoms with van der Waals surface area (Å²) < 4.78 is 25.3. The van der Waals surface area contributed by atoms with Gasteiger partial charge in [-0.1, -0.05) is 79.7 Å². The molecule has 1 fully saturated rings. The van der Waals surface area contributed by atoms with Gasteiger partial charge in [-0.15, -0.1) is 6.58 Å². The fraction of sp³-hybridized carbons (Fsp3) is 0.317. The van der Waals surface area contributed by atoms with Gasteiger partial charge in [-0.05, 0) is 110 Å². The molecule has 4 aromatic carbocycles. The van der Waals surface area contributed by atoms with Crippen molar-refractivity contribution in [1.82, 2.24) is 5.32 Å². The smallest absolute Gasteiger partial charge is 0.358 e. The Morgan fingerprint density at radius 2 is 1.57 bits per heavy atom. The lowest BCUT2D eigenvalue weighted by molar-refractivity contribution is 0.0328. The van der Waals surface area contributed by atoms with Gasteiger partial charge in [0.1, 0.15) is 23.4 Å². The normalized spacial score (nSPS) is 21.4. The van der Waals surface area contributed by atoms with Gasteiger partial charge in [-0.25, -0.2) is 0 Å². The summed E-state index contributed by atoms with van der Waals surface area (Å²) in [7, 11) is 1.69. The molecule has 6 rings (SSSR count). The quantitative estimate of drug-likeness (QED) is 0.131. The van der Waals surface area contributed by atoms with Crippen LogP contribution in [0.15, 0.2) is 122 Å². The Morgan fingerprint density at radius 1 is 0.918 bits per heavy atom. The van der Waals surface area contributed by atoms with Crippen molar-refractivity contribution in [2.45, 2.75) is 50.2 Å². The van der Waals surface area contributed by atoms with Gasteiger partial charge < -0.3 is 29.2 Å². The van der Waals surface area contributed by atoms with Crippen LogP contribution in [0.5, 0.6) is 17.2 Å². The Bertz CT molecular complexity index is 1720. The first-order valence-electron chi connectivity index (χ1n) is 17.0. The lowest BCUT2D eigenvalue weighted by Crippen LogP contribution is -2.60. The van der Waals surface area contributed by atoms with Crippen LogP contribution in [0.3, 0.4) is 0 Å². The van der Waals surface area contributed by atoms with E-state index in [1.165, 1.54) is 0 Å². The zero-order valence-electron chi connectivity index (χ0n) is 28.1. The number of benzene rings is 4. The largest absolute Gasteiger partial charge is 0.497 e. The van der Waals surface area contributed by atoms with E-state index < -0.39 is 11.5 Å². The molecule has 2 unspecified atom stereocenters. The number of rotatable bonds is 10. The van der Waals surface area contributed by atoms with Gasteiger partial charge in [0.25, 0.3) is 5.17 Å². The highest BCUT2D eigenvalue weighted by Gasteiger charge is 2.53. The SMILES string of the molecule is C=CC(CC)C1CCN[C@H]([C@H](OC(=S)Oc2ccccc2)[C@]2(c3ccccc3)CCN(C(=S)Oc3ccccc3)c3ccc(OC)cc32)C1. The highest BCUT2D eigenvalue weighted by atomic mass is 32.1. The highest BCUT2D eigenvalue weighted by molar-refractivity contribution is 7.80. The van der Waals surface area contributed by atoms with Crippen molar-refractivity contribution < 1.29 is 18.9 Å². The summed E-state index contributed by atoms with van der Waals surface area (Å²) in [4.78, 5) is 2.08. The maximum absolute atomic E-state index is 7.01. The van der Waals surface area contributed by atoms with E-state index in [1.54, 1.807) is 7.11 Å². The summed E-state index contributed by atoms with van der Waals surface area (Å²) in [6, 6.07) is 35.9. The number of para-hydroxylation sites is 2. The molecule has 254 valence electrons. The molecule has 6 nitrogen and oxygen atoms in total. The molecule has 4 aromatic rings. The first kappa shape index (κ1) is 34.6. The third kappa shape index (κ3) is 7.52. The monoisotopic (exact) mass is 692 g/mol. The van der Waals surface area contributed by atoms with E-state index in [0.29, 0.717) is 41.5 Å². The van der Waals surface area contributed by atoms with Crippen molar-refractivity contribution in [3.63, 3.8) is 0 Å². The summed E-state index contributed by atoms with van der Waals surface area (Å²) in [6.45, 7) is 7.88. The van der Waals surface area contributed by atoms with Crippen LogP contribution in [0.1, 0.15) is 43.7 Å². The lowest BCUT2D eigenvalue weighted by Gasteiger charge is -2.51. The van der Waals surface area contributed by atoms with E-state index in [9.17, 15) is 0 Å². The molecule has 2 heterocycles. The van der Waals surface area contributed by atoms with E-state index in [-0.39, 0.29) is 11.3 Å². The number of piperidine rings is 1. The molecule has 1 saturated heterocycles. The van der Waals surface area contributed by atoms with Crippen molar-refractivity contribution in [1.29, 1.82) is 0 Å². The number of thiocarbonyl (C=S) groups is 2. The predicted molar refractivity (Wildman–Crippen MR) is 205 cm³/mol. The number of fused-ring (bicyclic) bond motifs is 1. The van der Waals surface area contributed by atoms with Crippen molar-refractivity contribution in [3.8, 4) is 17.2 Å². The zero-order valence-corrected chi connectivity index (χ0v) is 29.8. The fourth-order valence-electron chi connectivity index (χ4n) is 7.64. The molecule has 2 aliphatic rings. The van der Waals surface area contributed by atoms with Gasteiger partial charge in [0.2, 0.25) is 0 Å². The summed E-state index contributed by atoms with van der Waals surface area (Å²) in [6.07, 6.45) is 5.34. The van der Waals surface area contributed by atoms with Crippen LogP contribution in [0, 0.1) is 11.8 Å². The lowest BCUT2D eigenvalue weighted by atomic mass is 9.62. The number of hydrogen-bond acceptors (Lipinski definition) is 7. The number of methoxy groups -OCH3 is 1. The molecular formula is C41H44N2O4S2. The Hall–Kier alpha value is -4.24. The third-order valence-corrected chi connectivity index (χ3v) is 10.5. The van der Waals surface area contributed by atoms with Crippen LogP contribution in [0.2, 0.25) is 0 Å². The number of ether oxygens (including phenoxy) is 4. The molecule has 5 atom stereocenters. The van der Waals surface area contributed by atoms with E-state index in [2.05, 4.69) is 66.2 Å². The highest BCUT2D eigenvalue weighted by Crippen LogP contribution is 2.51. The molecule has 0 bridgehead atoms. The van der Waals surface area contributed by atoms with Crippen LogP contribution in [0.25, 0.3) is 0 Å². The van der Waals surface area contributed by atoms with Gasteiger partial charge in [0.15, 0.2) is 0 Å². The molecule has 0 aliphatic carbocycles. The number of nitrogens with one attached hydrogen (secondary N) is 1. The van der Waals surface area contributed by atoms with Crippen molar-refractivity contribution in [2.24, 2.45) is 11.8 Å². The number of nitrogens with zero attached hydrogens (tertiary/aromatic N) is 1. The standard InChI is InChI=1S/C41H44N2O4S2/c1-4-29(5-2)30-23-25-42-36(27-30)38(47-40(49)46-33-19-13-8-14-20-33)41(31-15-9-6-10-16-31)24-26-43(37-22-21-34(44-3)28-35(37)41)39(48)45-32-17-11-7-12-18-32/h4,6-22,28-30,36,38,42H,1,5,23-27H2,2-3H3/t29?,30?,36-,38-,41-/m0/s1. The average molecular weight is 693 g/mol. The molecule has 2 aliphatic heterocycles. The minimum Gasteiger partial charge on any atom is -0.497 e. The molecule has 0 amide bonds. The van der Waals surface area contributed by atoms with Crippen LogP contribution in [-0.2, 0) is 10.2 Å². The average Bonchev–Trinajstić information content (AvgIpc) is 3.15. The minimum absolute atomic E-state index is 0.0524. The molecule has 0 radical (unpaired) electrons. The van der Waals surface area contributed by atoms with E-state index in [0.717, 1.165) is 48.4 Å². The molecule has 0 spiro atoms. The van der Waals surface area contributed by atoms with Gasteiger partial charge in [0.05, 0.1) is 12.5 Å².